The molecule has 1 aromatic carbocycles. The van der Waals surface area contributed by atoms with Crippen molar-refractivity contribution in [1.82, 2.24) is 0 Å². The molecule has 2 saturated heterocycles. The van der Waals surface area contributed by atoms with E-state index < -0.39 is 23.8 Å². The van der Waals surface area contributed by atoms with Gasteiger partial charge in [0.05, 0.1) is 39.6 Å². The Morgan fingerprint density at radius 3 is 2.05 bits per heavy atom. The van der Waals surface area contributed by atoms with Crippen LogP contribution in [0.3, 0.4) is 0 Å². The van der Waals surface area contributed by atoms with Crippen molar-refractivity contribution in [3.63, 3.8) is 0 Å². The molecule has 8 nitrogen and oxygen atoms in total. The topological polar surface area (TPSA) is 89.5 Å². The number of carbonyl (C=O) groups is 2. The second-order valence-corrected chi connectivity index (χ2v) is 14.6. The number of ether oxygens (including phenoxy) is 6. The molecule has 0 aliphatic carbocycles. The van der Waals surface area contributed by atoms with Crippen LogP contribution in [0.1, 0.15) is 18.1 Å². The third kappa shape index (κ3) is 12.8. The molecule has 0 saturated carbocycles. The van der Waals surface area contributed by atoms with Gasteiger partial charge in [0.25, 0.3) is 0 Å². The van der Waals surface area contributed by atoms with Gasteiger partial charge in [0.2, 0.25) is 5.79 Å². The molecule has 2 heterocycles. The van der Waals surface area contributed by atoms with E-state index in [1.165, 1.54) is 0 Å². The van der Waals surface area contributed by atoms with E-state index in [0.29, 0.717) is 36.9 Å². The highest BCUT2D eigenvalue weighted by atomic mass is 32.2. The molecule has 0 spiro atoms. The second-order valence-electron chi connectivity index (χ2n) is 9.25. The fourth-order valence-electron chi connectivity index (χ4n) is 3.61. The van der Waals surface area contributed by atoms with Crippen LogP contribution in [0.5, 0.6) is 0 Å². The Hall–Kier alpha value is -1.12. The largest absolute Gasteiger partial charge is 0.454 e. The first kappa shape index (κ1) is 33.4. The molecular weight excluding hydrogens is 593 g/mol. The highest BCUT2D eigenvalue weighted by molar-refractivity contribution is 8.19. The number of benzene rings is 1. The van der Waals surface area contributed by atoms with Gasteiger partial charge in [0, 0.05) is 51.3 Å². The van der Waals surface area contributed by atoms with Crippen molar-refractivity contribution in [2.45, 2.75) is 42.5 Å². The minimum absolute atomic E-state index is 0.0904. The standard InChI is InChI=1S/C28H38O8S4/c1-4-26(29)35-23(13-32-14-24-16-37-19-39-24)12-31-10-21-6-8-22(9-7-21)11-33-18-28(3,36-27(30)5-2)34-15-25-17-38-20-40-25/h4-9,23-25H,1-2,10-20H2,3H3. The predicted molar refractivity (Wildman–Crippen MR) is 165 cm³/mol. The summed E-state index contributed by atoms with van der Waals surface area (Å²) in [6.07, 6.45) is 1.76. The highest BCUT2D eigenvalue weighted by Gasteiger charge is 2.32. The highest BCUT2D eigenvalue weighted by Crippen LogP contribution is 2.31. The maximum Gasteiger partial charge on any atom is 0.332 e. The molecule has 2 aliphatic rings. The summed E-state index contributed by atoms with van der Waals surface area (Å²) in [4.78, 5) is 23.6. The lowest BCUT2D eigenvalue weighted by molar-refractivity contribution is -0.240. The summed E-state index contributed by atoms with van der Waals surface area (Å²) in [5.41, 5.74) is 1.93. The van der Waals surface area contributed by atoms with Crippen molar-refractivity contribution < 1.29 is 38.0 Å². The van der Waals surface area contributed by atoms with Crippen LogP contribution in [0, 0.1) is 0 Å². The lowest BCUT2D eigenvalue weighted by atomic mass is 10.1. The lowest BCUT2D eigenvalue weighted by Crippen LogP contribution is -2.41. The minimum atomic E-state index is -1.20. The van der Waals surface area contributed by atoms with Gasteiger partial charge in [-0.1, -0.05) is 37.4 Å². The van der Waals surface area contributed by atoms with Crippen molar-refractivity contribution in [3.05, 3.63) is 60.7 Å². The second kappa shape index (κ2) is 18.4. The third-order valence-corrected chi connectivity index (χ3v) is 11.4. The van der Waals surface area contributed by atoms with Gasteiger partial charge in [-0.15, -0.1) is 47.0 Å². The van der Waals surface area contributed by atoms with Gasteiger partial charge in [-0.05, 0) is 11.1 Å². The Morgan fingerprint density at radius 2 is 1.48 bits per heavy atom. The quantitative estimate of drug-likeness (QED) is 0.118. The molecule has 0 N–H and O–H groups in total. The smallest absolute Gasteiger partial charge is 0.332 e. The normalized spacial score (nSPS) is 20.9. The number of esters is 2. The van der Waals surface area contributed by atoms with Gasteiger partial charge in [0.1, 0.15) is 12.7 Å². The zero-order chi connectivity index (χ0) is 28.6. The summed E-state index contributed by atoms with van der Waals surface area (Å²) >= 11 is 7.51. The predicted octanol–water partition coefficient (Wildman–Crippen LogP) is 4.91. The zero-order valence-electron chi connectivity index (χ0n) is 22.8. The molecule has 4 unspecified atom stereocenters. The summed E-state index contributed by atoms with van der Waals surface area (Å²) in [7, 11) is 0. The average molecular weight is 631 g/mol. The molecule has 1 aromatic rings. The van der Waals surface area contributed by atoms with E-state index in [-0.39, 0.29) is 19.8 Å². The van der Waals surface area contributed by atoms with Crippen molar-refractivity contribution in [2.75, 3.05) is 54.7 Å². The fraction of sp³-hybridized carbons (Fsp3) is 0.571. The summed E-state index contributed by atoms with van der Waals surface area (Å²) in [6.45, 7) is 11.0. The first-order valence-electron chi connectivity index (χ1n) is 12.9. The van der Waals surface area contributed by atoms with E-state index >= 15 is 0 Å². The Labute approximate surface area is 254 Å². The fourth-order valence-corrected chi connectivity index (χ4v) is 9.12. The van der Waals surface area contributed by atoms with Crippen LogP contribution in [-0.2, 0) is 51.2 Å². The van der Waals surface area contributed by atoms with Crippen molar-refractivity contribution in [3.8, 4) is 0 Å². The Bertz CT molecular complexity index is 935. The van der Waals surface area contributed by atoms with Crippen LogP contribution in [0.15, 0.2) is 49.6 Å². The first-order valence-corrected chi connectivity index (χ1v) is 17.3. The summed E-state index contributed by atoms with van der Waals surface area (Å²) in [6, 6.07) is 7.82. The van der Waals surface area contributed by atoms with E-state index in [2.05, 4.69) is 13.2 Å². The molecule has 3 rings (SSSR count). The van der Waals surface area contributed by atoms with Gasteiger partial charge < -0.3 is 28.4 Å². The number of hydrogen-bond donors (Lipinski definition) is 0. The molecule has 4 atom stereocenters. The molecule has 0 amide bonds. The molecule has 0 radical (unpaired) electrons. The summed E-state index contributed by atoms with van der Waals surface area (Å²) in [5, 5.41) is 2.98. The van der Waals surface area contributed by atoms with Crippen LogP contribution >= 0.6 is 47.0 Å². The van der Waals surface area contributed by atoms with Crippen LogP contribution in [0.2, 0.25) is 0 Å². The van der Waals surface area contributed by atoms with Gasteiger partial charge in [-0.2, -0.15) is 0 Å². The van der Waals surface area contributed by atoms with Gasteiger partial charge in [-0.3, -0.25) is 0 Å². The molecule has 222 valence electrons. The van der Waals surface area contributed by atoms with Crippen LogP contribution in [-0.4, -0.2) is 89.0 Å². The van der Waals surface area contributed by atoms with Crippen LogP contribution in [0.4, 0.5) is 0 Å². The average Bonchev–Trinajstić information content (AvgIpc) is 3.67. The molecule has 2 aliphatic heterocycles. The molecule has 0 aromatic heterocycles. The van der Waals surface area contributed by atoms with E-state index in [1.54, 1.807) is 6.92 Å². The Balaban J connectivity index is 1.40. The minimum Gasteiger partial charge on any atom is -0.454 e. The third-order valence-electron chi connectivity index (χ3n) is 5.72. The van der Waals surface area contributed by atoms with Crippen LogP contribution in [0.25, 0.3) is 0 Å². The molecule has 12 heteroatoms. The van der Waals surface area contributed by atoms with Crippen molar-refractivity contribution in [2.24, 2.45) is 0 Å². The maximum absolute atomic E-state index is 11.9. The van der Waals surface area contributed by atoms with E-state index in [1.807, 2.05) is 71.3 Å². The Morgan fingerprint density at radius 1 is 0.900 bits per heavy atom. The molecule has 2 fully saturated rings. The molecular formula is C28H38O8S4. The number of thioether (sulfide) groups is 4. The summed E-state index contributed by atoms with van der Waals surface area (Å²) < 4.78 is 34.3. The lowest BCUT2D eigenvalue weighted by Gasteiger charge is -2.30. The number of carbonyl (C=O) groups excluding carboxylic acids is 2. The van der Waals surface area contributed by atoms with E-state index in [4.69, 9.17) is 28.4 Å². The number of rotatable bonds is 19. The van der Waals surface area contributed by atoms with Gasteiger partial charge in [-0.25, -0.2) is 9.59 Å². The van der Waals surface area contributed by atoms with Crippen LogP contribution < -0.4 is 0 Å². The van der Waals surface area contributed by atoms with Gasteiger partial charge >= 0.3 is 11.9 Å². The monoisotopic (exact) mass is 630 g/mol. The zero-order valence-corrected chi connectivity index (χ0v) is 26.1. The summed E-state index contributed by atoms with van der Waals surface area (Å²) in [5.74, 6) is -0.153. The Kier molecular flexibility index (Phi) is 15.4. The SMILES string of the molecule is C=CC(=O)OC(COCc1ccc(COCC(C)(OCC2CSCS2)OC(=O)C=C)cc1)COCC1CSCS1. The van der Waals surface area contributed by atoms with E-state index in [9.17, 15) is 9.59 Å². The first-order chi connectivity index (χ1) is 19.4. The molecule has 40 heavy (non-hydrogen) atoms. The van der Waals surface area contributed by atoms with Crippen molar-refractivity contribution in [1.29, 1.82) is 0 Å². The van der Waals surface area contributed by atoms with Crippen molar-refractivity contribution >= 4 is 59.0 Å². The van der Waals surface area contributed by atoms with E-state index in [0.717, 1.165) is 45.0 Å². The molecule has 0 bridgehead atoms. The maximum atomic E-state index is 11.9. The number of hydrogen-bond acceptors (Lipinski definition) is 12. The van der Waals surface area contributed by atoms with Gasteiger partial charge in [0.15, 0.2) is 0 Å².